The lowest BCUT2D eigenvalue weighted by Gasteiger charge is -2.22. The number of benzene rings is 2. The normalized spacial score (nSPS) is 12.3. The van der Waals surface area contributed by atoms with E-state index in [1.807, 2.05) is 0 Å². The number of hydrogen-bond acceptors (Lipinski definition) is 5. The molecule has 6 nitrogen and oxygen atoms in total. The van der Waals surface area contributed by atoms with E-state index >= 15 is 0 Å². The number of rotatable bonds is 8. The minimum absolute atomic E-state index is 0.325. The van der Waals surface area contributed by atoms with Crippen LogP contribution in [0.2, 0.25) is 0 Å². The van der Waals surface area contributed by atoms with E-state index in [9.17, 15) is 31.3 Å². The van der Waals surface area contributed by atoms with E-state index < -0.39 is 67.3 Å². The van der Waals surface area contributed by atoms with Gasteiger partial charge in [0.1, 0.15) is 0 Å². The van der Waals surface area contributed by atoms with E-state index in [1.165, 1.54) is 25.1 Å². The summed E-state index contributed by atoms with van der Waals surface area (Å²) in [6.07, 6.45) is -0.463. The van der Waals surface area contributed by atoms with Crippen LogP contribution in [0.4, 0.5) is 22.0 Å². The van der Waals surface area contributed by atoms with Gasteiger partial charge in [-0.2, -0.15) is 8.78 Å². The van der Waals surface area contributed by atoms with Crippen LogP contribution in [0.3, 0.4) is 0 Å². The molecule has 0 aliphatic heterocycles. The van der Waals surface area contributed by atoms with Crippen LogP contribution in [-0.2, 0) is 14.1 Å². The van der Waals surface area contributed by atoms with Crippen molar-refractivity contribution in [1.29, 1.82) is 0 Å². The van der Waals surface area contributed by atoms with Crippen molar-refractivity contribution in [3.05, 3.63) is 53.4 Å². The van der Waals surface area contributed by atoms with Gasteiger partial charge in [0.2, 0.25) is 34.8 Å². The second-order valence-corrected chi connectivity index (χ2v) is 6.64. The van der Waals surface area contributed by atoms with Crippen LogP contribution in [0.5, 0.6) is 17.2 Å². The molecule has 0 fully saturated rings. The van der Waals surface area contributed by atoms with E-state index in [-0.39, 0.29) is 5.75 Å². The Balaban J connectivity index is 2.35. The maximum Gasteiger partial charge on any atom is 0.327 e. The van der Waals surface area contributed by atoms with Crippen LogP contribution in [0.25, 0.3) is 0 Å². The number of hydrogen-bond donors (Lipinski definition) is 0. The van der Waals surface area contributed by atoms with Crippen LogP contribution >= 0.6 is 8.61 Å². The van der Waals surface area contributed by atoms with Crippen LogP contribution < -0.4 is 9.57 Å². The first kappa shape index (κ1) is 23.5. The van der Waals surface area contributed by atoms with Gasteiger partial charge in [0.05, 0.1) is 6.10 Å². The summed E-state index contributed by atoms with van der Waals surface area (Å²) < 4.78 is 89.1. The van der Waals surface area contributed by atoms with Crippen LogP contribution in [0, 0.1) is 29.1 Å². The third-order valence-electron chi connectivity index (χ3n) is 3.53. The van der Waals surface area contributed by atoms with Crippen molar-refractivity contribution >= 4 is 14.6 Å². The standard InChI is InChI=1S/C18H15F5NO5P/c1-8(2)27-18(25)9(3)24(30-26)29-11-7-5-4-6-10(11)28-17-15(22)13(20)12(19)14(21)16(17)23/h4-9H,1-3H3/t9-/m0/s1. The van der Waals surface area contributed by atoms with E-state index in [2.05, 4.69) is 0 Å². The molecule has 0 heterocycles. The van der Waals surface area contributed by atoms with E-state index in [0.717, 1.165) is 6.07 Å². The first-order chi connectivity index (χ1) is 14.1. The fraction of sp³-hybridized carbons (Fsp3) is 0.278. The minimum Gasteiger partial charge on any atom is -0.462 e. The average Bonchev–Trinajstić information content (AvgIpc) is 2.72. The lowest BCUT2D eigenvalue weighted by molar-refractivity contribution is -0.157. The summed E-state index contributed by atoms with van der Waals surface area (Å²) in [5.41, 5.74) is 0. The summed E-state index contributed by atoms with van der Waals surface area (Å²) in [7, 11) is -0.786. The van der Waals surface area contributed by atoms with Crippen molar-refractivity contribution in [2.45, 2.75) is 32.9 Å². The summed E-state index contributed by atoms with van der Waals surface area (Å²) in [6.45, 7) is 4.50. The van der Waals surface area contributed by atoms with Crippen molar-refractivity contribution in [1.82, 2.24) is 4.83 Å². The number of hydroxylamine groups is 1. The molecule has 0 amide bonds. The number of nitrogens with zero attached hydrogens (tertiary/aromatic N) is 1. The van der Waals surface area contributed by atoms with E-state index in [0.29, 0.717) is 4.83 Å². The Morgan fingerprint density at radius 3 is 1.90 bits per heavy atom. The number of esters is 1. The Kier molecular flexibility index (Phi) is 7.69. The van der Waals surface area contributed by atoms with Gasteiger partial charge in [-0.1, -0.05) is 12.1 Å². The quantitative estimate of drug-likeness (QED) is 0.135. The van der Waals surface area contributed by atoms with Crippen LogP contribution in [0.15, 0.2) is 24.3 Å². The van der Waals surface area contributed by atoms with Gasteiger partial charge in [-0.3, -0.25) is 9.36 Å². The molecule has 0 bridgehead atoms. The lowest BCUT2D eigenvalue weighted by atomic mass is 10.2. The van der Waals surface area contributed by atoms with Crippen LogP contribution in [-0.4, -0.2) is 22.9 Å². The molecule has 1 atom stereocenters. The Labute approximate surface area is 169 Å². The van der Waals surface area contributed by atoms with E-state index in [1.54, 1.807) is 13.8 Å². The highest BCUT2D eigenvalue weighted by Gasteiger charge is 2.30. The molecule has 0 aromatic heterocycles. The summed E-state index contributed by atoms with van der Waals surface area (Å²) in [4.78, 5) is 17.9. The molecule has 12 heteroatoms. The third-order valence-corrected chi connectivity index (χ3v) is 4.12. The van der Waals surface area contributed by atoms with Crippen LogP contribution in [0.1, 0.15) is 20.8 Å². The van der Waals surface area contributed by atoms with E-state index in [4.69, 9.17) is 14.3 Å². The van der Waals surface area contributed by atoms with Crippen molar-refractivity contribution < 1.29 is 45.6 Å². The van der Waals surface area contributed by atoms with Gasteiger partial charge in [0.25, 0.3) is 8.61 Å². The molecule has 162 valence electrons. The van der Waals surface area contributed by atoms with Crippen molar-refractivity contribution in [2.75, 3.05) is 0 Å². The minimum atomic E-state index is -2.34. The molecule has 2 aromatic carbocycles. The zero-order valence-electron chi connectivity index (χ0n) is 15.8. The molecule has 0 aliphatic carbocycles. The molecule has 0 saturated carbocycles. The van der Waals surface area contributed by atoms with Gasteiger partial charge < -0.3 is 14.3 Å². The summed E-state index contributed by atoms with van der Waals surface area (Å²) in [5.74, 6) is -14.2. The number of carbonyl (C=O) groups excluding carboxylic acids is 1. The predicted octanol–water partition coefficient (Wildman–Crippen LogP) is 5.32. The molecule has 0 N–H and O–H groups in total. The maximum absolute atomic E-state index is 13.9. The molecule has 2 rings (SSSR count). The highest BCUT2D eigenvalue weighted by atomic mass is 31.1. The first-order valence-corrected chi connectivity index (χ1v) is 9.14. The Morgan fingerprint density at radius 2 is 1.40 bits per heavy atom. The number of ether oxygens (including phenoxy) is 2. The summed E-state index contributed by atoms with van der Waals surface area (Å²) in [6, 6.07) is 3.82. The largest absolute Gasteiger partial charge is 0.462 e. The average molecular weight is 451 g/mol. The molecule has 0 radical (unpaired) electrons. The summed E-state index contributed by atoms with van der Waals surface area (Å²) >= 11 is 0. The number of halogens is 5. The Hall–Kier alpha value is -2.78. The molecule has 0 unspecified atom stereocenters. The molecule has 30 heavy (non-hydrogen) atoms. The number of para-hydroxylation sites is 2. The molecular formula is C18H15F5NO5P. The van der Waals surface area contributed by atoms with Gasteiger partial charge in [-0.25, -0.2) is 13.2 Å². The van der Waals surface area contributed by atoms with Gasteiger partial charge in [0, 0.05) is 0 Å². The Morgan fingerprint density at radius 1 is 0.900 bits per heavy atom. The molecule has 0 saturated heterocycles. The fourth-order valence-electron chi connectivity index (χ4n) is 2.08. The van der Waals surface area contributed by atoms with Gasteiger partial charge >= 0.3 is 5.97 Å². The molecular weight excluding hydrogens is 436 g/mol. The predicted molar refractivity (Wildman–Crippen MR) is 93.5 cm³/mol. The highest BCUT2D eigenvalue weighted by molar-refractivity contribution is 7.20. The van der Waals surface area contributed by atoms with Crippen molar-refractivity contribution in [3.8, 4) is 17.2 Å². The topological polar surface area (TPSA) is 65.1 Å². The van der Waals surface area contributed by atoms with Gasteiger partial charge in [-0.05, 0) is 37.7 Å². The maximum atomic E-state index is 13.9. The van der Waals surface area contributed by atoms with Gasteiger partial charge in [-0.15, -0.1) is 0 Å². The summed E-state index contributed by atoms with van der Waals surface area (Å²) in [5, 5.41) is 0. The molecule has 2 aromatic rings. The second-order valence-electron chi connectivity index (χ2n) is 6.08. The Bertz CT molecular complexity index is 930. The SMILES string of the molecule is CC(C)OC(=O)[C@H](C)N(Oc1ccccc1Oc1c(F)c(F)c(F)c(F)c1F)P=O. The first-order valence-electron chi connectivity index (χ1n) is 8.37. The van der Waals surface area contributed by atoms with Gasteiger partial charge in [0.15, 0.2) is 17.5 Å². The number of carbonyl (C=O) groups is 1. The highest BCUT2D eigenvalue weighted by Crippen LogP contribution is 2.37. The molecule has 0 aliphatic rings. The van der Waals surface area contributed by atoms with Crippen molar-refractivity contribution in [3.63, 3.8) is 0 Å². The molecule has 0 spiro atoms. The van der Waals surface area contributed by atoms with Crippen molar-refractivity contribution in [2.24, 2.45) is 0 Å². The zero-order chi connectivity index (χ0) is 22.6. The second kappa shape index (κ2) is 9.82. The monoisotopic (exact) mass is 451 g/mol. The zero-order valence-corrected chi connectivity index (χ0v) is 16.7. The smallest absolute Gasteiger partial charge is 0.327 e. The fourth-order valence-corrected chi connectivity index (χ4v) is 2.44. The third kappa shape index (κ3) is 5.03. The lowest BCUT2D eigenvalue weighted by Crippen LogP contribution is -2.37.